The zero-order valence-electron chi connectivity index (χ0n) is 7.87. The molecule has 0 saturated heterocycles. The Kier molecular flexibility index (Phi) is 4.14. The molecule has 0 fully saturated rings. The molecule has 0 heterocycles. The summed E-state index contributed by atoms with van der Waals surface area (Å²) in [6.45, 7) is 3.95. The Morgan fingerprint density at radius 3 is 2.73 bits per heavy atom. The van der Waals surface area contributed by atoms with Gasteiger partial charge in [-0.2, -0.15) is 0 Å². The number of benzene rings is 1. The van der Waals surface area contributed by atoms with Gasteiger partial charge in [0.05, 0.1) is 10.7 Å². The van der Waals surface area contributed by atoms with Crippen LogP contribution in [0.15, 0.2) is 24.8 Å². The van der Waals surface area contributed by atoms with E-state index in [4.69, 9.17) is 21.6 Å². The third-order valence-corrected chi connectivity index (χ3v) is 2.11. The van der Waals surface area contributed by atoms with E-state index in [-0.39, 0.29) is 10.5 Å². The van der Waals surface area contributed by atoms with E-state index in [9.17, 15) is 4.39 Å². The van der Waals surface area contributed by atoms with Crippen molar-refractivity contribution in [3.8, 4) is 0 Å². The minimum atomic E-state index is -1.86. The molecule has 3 N–H and O–H groups in total. The molecule has 1 aromatic rings. The van der Waals surface area contributed by atoms with E-state index in [2.05, 4.69) is 11.9 Å². The van der Waals surface area contributed by atoms with Crippen molar-refractivity contribution in [1.29, 1.82) is 0 Å². The summed E-state index contributed by atoms with van der Waals surface area (Å²) in [5, 5.41) is 20.8. The zero-order chi connectivity index (χ0) is 11.4. The Morgan fingerprint density at radius 1 is 1.53 bits per heavy atom. The molecule has 15 heavy (non-hydrogen) atoms. The molecule has 0 amide bonds. The molecule has 0 aromatic heterocycles. The number of halogens is 2. The van der Waals surface area contributed by atoms with Gasteiger partial charge in [0.1, 0.15) is 5.82 Å². The van der Waals surface area contributed by atoms with Crippen LogP contribution in [0.2, 0.25) is 5.02 Å². The summed E-state index contributed by atoms with van der Waals surface area (Å²) in [6.07, 6.45) is 1.61. The average molecular weight is 229 g/mol. The maximum atomic E-state index is 13.2. The molecule has 0 saturated carbocycles. The maximum Gasteiger partial charge on any atom is 0.491 e. The predicted molar refractivity (Wildman–Crippen MR) is 59.9 cm³/mol. The van der Waals surface area contributed by atoms with Crippen LogP contribution in [0.1, 0.15) is 0 Å². The lowest BCUT2D eigenvalue weighted by atomic mass is 9.79. The van der Waals surface area contributed by atoms with Crippen LogP contribution in [-0.4, -0.2) is 23.7 Å². The SMILES string of the molecule is C=CCNc1cc(B(O)O)c(F)cc1Cl. The second kappa shape index (κ2) is 5.16. The molecule has 0 atom stereocenters. The molecule has 6 heteroatoms. The smallest absolute Gasteiger partial charge is 0.423 e. The third-order valence-electron chi connectivity index (χ3n) is 1.80. The van der Waals surface area contributed by atoms with E-state index in [1.54, 1.807) is 6.08 Å². The van der Waals surface area contributed by atoms with Gasteiger partial charge in [-0.1, -0.05) is 17.7 Å². The topological polar surface area (TPSA) is 52.5 Å². The number of hydrogen-bond donors (Lipinski definition) is 3. The molecule has 1 rings (SSSR count). The summed E-state index contributed by atoms with van der Waals surface area (Å²) in [5.74, 6) is -0.751. The largest absolute Gasteiger partial charge is 0.491 e. The summed E-state index contributed by atoms with van der Waals surface area (Å²) in [5.41, 5.74) is 0.215. The minimum absolute atomic E-state index is 0.179. The van der Waals surface area contributed by atoms with Crippen LogP contribution >= 0.6 is 11.6 Å². The van der Waals surface area contributed by atoms with Gasteiger partial charge < -0.3 is 15.4 Å². The minimum Gasteiger partial charge on any atom is -0.423 e. The van der Waals surface area contributed by atoms with Crippen molar-refractivity contribution in [1.82, 2.24) is 0 Å². The molecule has 3 nitrogen and oxygen atoms in total. The lowest BCUT2D eigenvalue weighted by Crippen LogP contribution is -2.33. The van der Waals surface area contributed by atoms with Crippen molar-refractivity contribution in [2.24, 2.45) is 0 Å². The molecular formula is C9H10BClFNO2. The van der Waals surface area contributed by atoms with Gasteiger partial charge in [0, 0.05) is 12.0 Å². The van der Waals surface area contributed by atoms with Crippen LogP contribution in [-0.2, 0) is 0 Å². The maximum absolute atomic E-state index is 13.2. The Labute approximate surface area is 92.3 Å². The monoisotopic (exact) mass is 229 g/mol. The molecule has 1 aromatic carbocycles. The van der Waals surface area contributed by atoms with Crippen LogP contribution in [0.4, 0.5) is 10.1 Å². The second-order valence-electron chi connectivity index (χ2n) is 2.90. The van der Waals surface area contributed by atoms with Crippen molar-refractivity contribution in [2.75, 3.05) is 11.9 Å². The third kappa shape index (κ3) is 2.96. The molecule has 0 spiro atoms. The van der Waals surface area contributed by atoms with Crippen LogP contribution in [0.3, 0.4) is 0 Å². The molecule has 0 aliphatic carbocycles. The fourth-order valence-electron chi connectivity index (χ4n) is 1.08. The highest BCUT2D eigenvalue weighted by atomic mass is 35.5. The Balaban J connectivity index is 3.05. The fraction of sp³-hybridized carbons (Fsp3) is 0.111. The van der Waals surface area contributed by atoms with Gasteiger partial charge in [-0.15, -0.1) is 6.58 Å². The van der Waals surface area contributed by atoms with E-state index in [0.717, 1.165) is 6.07 Å². The number of rotatable bonds is 4. The molecule has 0 radical (unpaired) electrons. The van der Waals surface area contributed by atoms with Crippen molar-refractivity contribution < 1.29 is 14.4 Å². The quantitative estimate of drug-likeness (QED) is 0.528. The van der Waals surface area contributed by atoms with Gasteiger partial charge in [-0.25, -0.2) is 4.39 Å². The van der Waals surface area contributed by atoms with E-state index in [0.29, 0.717) is 12.2 Å². The molecule has 0 unspecified atom stereocenters. The van der Waals surface area contributed by atoms with Crippen molar-refractivity contribution in [2.45, 2.75) is 0 Å². The fourth-order valence-corrected chi connectivity index (χ4v) is 1.30. The predicted octanol–water partition coefficient (Wildman–Crippen LogP) is 0.757. The average Bonchev–Trinajstić information content (AvgIpc) is 2.16. The van der Waals surface area contributed by atoms with E-state index < -0.39 is 12.9 Å². The van der Waals surface area contributed by atoms with E-state index in [1.165, 1.54) is 6.07 Å². The highest BCUT2D eigenvalue weighted by Gasteiger charge is 2.18. The van der Waals surface area contributed by atoms with Gasteiger partial charge in [0.25, 0.3) is 0 Å². The summed E-state index contributed by atoms with van der Waals surface area (Å²) in [4.78, 5) is 0. The van der Waals surface area contributed by atoms with Gasteiger partial charge in [-0.3, -0.25) is 0 Å². The van der Waals surface area contributed by atoms with Gasteiger partial charge in [-0.05, 0) is 12.1 Å². The van der Waals surface area contributed by atoms with Crippen LogP contribution in [0, 0.1) is 5.82 Å². The summed E-state index contributed by atoms with van der Waals surface area (Å²) >= 11 is 5.74. The Hall–Kier alpha value is -1.04. The first-order valence-electron chi connectivity index (χ1n) is 4.26. The Morgan fingerprint density at radius 2 is 2.20 bits per heavy atom. The number of anilines is 1. The first-order valence-corrected chi connectivity index (χ1v) is 4.64. The molecule has 0 aliphatic rings. The number of hydrogen-bond acceptors (Lipinski definition) is 3. The lowest BCUT2D eigenvalue weighted by Gasteiger charge is -2.09. The van der Waals surface area contributed by atoms with Crippen molar-refractivity contribution in [3.63, 3.8) is 0 Å². The highest BCUT2D eigenvalue weighted by Crippen LogP contribution is 2.21. The first-order chi connectivity index (χ1) is 7.06. The summed E-state index contributed by atoms with van der Waals surface area (Å²) < 4.78 is 13.2. The van der Waals surface area contributed by atoms with Crippen LogP contribution in [0.25, 0.3) is 0 Å². The molecule has 80 valence electrons. The summed E-state index contributed by atoms with van der Waals surface area (Å²) in [7, 11) is -1.86. The normalized spacial score (nSPS) is 9.87. The Bertz CT molecular complexity index is 373. The number of nitrogens with one attached hydrogen (secondary N) is 1. The standard InChI is InChI=1S/C9H10BClFNO2/c1-2-3-13-9-4-6(10(14)15)8(12)5-7(9)11/h2,4-5,13-15H,1,3H2. The van der Waals surface area contributed by atoms with Crippen molar-refractivity contribution >= 4 is 29.9 Å². The highest BCUT2D eigenvalue weighted by molar-refractivity contribution is 6.59. The lowest BCUT2D eigenvalue weighted by molar-refractivity contribution is 0.423. The molecular weight excluding hydrogens is 219 g/mol. The zero-order valence-corrected chi connectivity index (χ0v) is 8.63. The summed E-state index contributed by atoms with van der Waals surface area (Å²) in [6, 6.07) is 2.29. The first kappa shape index (κ1) is 12.0. The van der Waals surface area contributed by atoms with Gasteiger partial charge in [0.2, 0.25) is 0 Å². The molecule has 0 bridgehead atoms. The van der Waals surface area contributed by atoms with E-state index in [1.807, 2.05) is 0 Å². The van der Waals surface area contributed by atoms with Gasteiger partial charge >= 0.3 is 7.12 Å². The molecule has 0 aliphatic heterocycles. The second-order valence-corrected chi connectivity index (χ2v) is 3.30. The van der Waals surface area contributed by atoms with Gasteiger partial charge in [0.15, 0.2) is 0 Å². The van der Waals surface area contributed by atoms with Crippen LogP contribution in [0.5, 0.6) is 0 Å². The van der Waals surface area contributed by atoms with Crippen molar-refractivity contribution in [3.05, 3.63) is 35.6 Å². The van der Waals surface area contributed by atoms with Crippen LogP contribution < -0.4 is 10.8 Å². The van der Waals surface area contributed by atoms with E-state index >= 15 is 0 Å².